The Hall–Kier alpha value is -6.42. The van der Waals surface area contributed by atoms with E-state index in [0.29, 0.717) is 35.9 Å². The minimum atomic E-state index is -5.13. The Balaban J connectivity index is 0.000000392. The van der Waals surface area contributed by atoms with E-state index in [-0.39, 0.29) is 86.8 Å². The highest BCUT2D eigenvalue weighted by atomic mass is 32.1. The van der Waals surface area contributed by atoms with Gasteiger partial charge in [-0.1, -0.05) is 37.5 Å². The van der Waals surface area contributed by atoms with E-state index in [1.807, 2.05) is 0 Å². The maximum absolute atomic E-state index is 14.3. The first-order valence-electron chi connectivity index (χ1n) is 17.9. The third kappa shape index (κ3) is 16.9. The molecule has 28 heteroatoms. The maximum atomic E-state index is 14.3. The molecule has 6 rings (SSSR count). The number of rotatable bonds is 11. The van der Waals surface area contributed by atoms with Crippen LogP contribution in [-0.2, 0) is 42.4 Å². The van der Waals surface area contributed by atoms with Crippen molar-refractivity contribution in [3.63, 3.8) is 0 Å². The highest BCUT2D eigenvalue weighted by molar-refractivity contribution is 7.11. The molecule has 0 aliphatic rings. The normalized spacial score (nSPS) is 11.4. The van der Waals surface area contributed by atoms with E-state index in [4.69, 9.17) is 15.2 Å². The number of ketones is 1. The van der Waals surface area contributed by atoms with Crippen molar-refractivity contribution in [1.82, 2.24) is 20.4 Å². The van der Waals surface area contributed by atoms with Gasteiger partial charge >= 0.3 is 30.7 Å². The lowest BCUT2D eigenvalue weighted by molar-refractivity contribution is -0.144. The van der Waals surface area contributed by atoms with Crippen LogP contribution in [0.4, 0.5) is 70.2 Å². The number of hydrogen-bond donors (Lipinski definition) is 1. The average molecular weight is 1040 g/mol. The fraction of sp³-hybridized carbons (Fsp3) is 0.268. The molecule has 69 heavy (non-hydrogen) atoms. The third-order valence-electron chi connectivity index (χ3n) is 8.03. The van der Waals surface area contributed by atoms with Crippen molar-refractivity contribution in [3.8, 4) is 23.0 Å². The van der Waals surface area contributed by atoms with Crippen molar-refractivity contribution in [1.29, 1.82) is 0 Å². The minimum absolute atomic E-state index is 0. The molecule has 4 aromatic carbocycles. The largest absolute Gasteiger partial charge is 0.461 e. The number of benzene rings is 4. The molecule has 0 saturated carbocycles. The summed E-state index contributed by atoms with van der Waals surface area (Å²) in [5, 5.41) is 14.4. The molecular formula is C41H33F16N5O5S2. The molecular weight excluding hydrogens is 1010 g/mol. The second-order valence-electron chi connectivity index (χ2n) is 12.8. The zero-order valence-corrected chi connectivity index (χ0v) is 34.7. The van der Waals surface area contributed by atoms with Gasteiger partial charge in [-0.2, -0.15) is 52.7 Å². The Kier molecular flexibility index (Phi) is 20.6. The zero-order valence-electron chi connectivity index (χ0n) is 33.0. The summed E-state index contributed by atoms with van der Waals surface area (Å²) in [5.41, 5.74) is 0.869. The van der Waals surface area contributed by atoms with E-state index >= 15 is 0 Å². The molecule has 0 atom stereocenters. The quantitative estimate of drug-likeness (QED) is 0.0758. The van der Waals surface area contributed by atoms with Crippen LogP contribution in [0.15, 0.2) is 71.7 Å². The minimum Gasteiger partial charge on any atom is -0.461 e. The van der Waals surface area contributed by atoms with Gasteiger partial charge < -0.3 is 19.9 Å². The van der Waals surface area contributed by atoms with Gasteiger partial charge in [-0.3, -0.25) is 4.79 Å². The second kappa shape index (κ2) is 24.2. The molecule has 0 radical (unpaired) electrons. The number of Topliss-reactive ketones (excluding diaryl/α,β-unsaturated/α-hetero) is 1. The Labute approximate surface area is 387 Å². The van der Waals surface area contributed by atoms with E-state index in [9.17, 15) is 79.8 Å². The number of carbonyl (C=O) groups excluding carboxylic acids is 2. The van der Waals surface area contributed by atoms with Crippen LogP contribution >= 0.6 is 22.7 Å². The lowest BCUT2D eigenvalue weighted by Gasteiger charge is -2.15. The van der Waals surface area contributed by atoms with Gasteiger partial charge in [0.15, 0.2) is 33.9 Å². The van der Waals surface area contributed by atoms with Gasteiger partial charge in [0.1, 0.15) is 34.2 Å². The SMILES string of the molecule is C.C.CCOC(=O)c1nncs1.NCc1cc(F)c(Oc2cc(C(F)(F)F)cc(C(F)(F)F)c2)cc1F.O=C(CCc1cc(F)c(Oc2cc(C(F)(F)F)cc(C(F)(F)F)c2)cc1F)c1nncs1. The summed E-state index contributed by atoms with van der Waals surface area (Å²) in [6.45, 7) is 1.77. The number of carbonyl (C=O) groups is 2. The van der Waals surface area contributed by atoms with E-state index in [1.165, 1.54) is 22.4 Å². The van der Waals surface area contributed by atoms with Gasteiger partial charge in [0.25, 0.3) is 0 Å². The van der Waals surface area contributed by atoms with Crippen LogP contribution < -0.4 is 15.2 Å². The first kappa shape index (κ1) is 58.7. The molecule has 0 spiro atoms. The molecule has 0 unspecified atom stereocenters. The van der Waals surface area contributed by atoms with Crippen LogP contribution in [0.1, 0.15) is 81.2 Å². The lowest BCUT2D eigenvalue weighted by atomic mass is 10.1. The van der Waals surface area contributed by atoms with Gasteiger partial charge in [0, 0.05) is 30.7 Å². The fourth-order valence-electron chi connectivity index (χ4n) is 4.97. The fourth-order valence-corrected chi connectivity index (χ4v) is 5.94. The van der Waals surface area contributed by atoms with Crippen LogP contribution in [0.2, 0.25) is 0 Å². The highest BCUT2D eigenvalue weighted by Crippen LogP contribution is 2.41. The molecule has 0 fully saturated rings. The number of ether oxygens (including phenoxy) is 3. The standard InChI is InChI=1S/C19H10F8N2O2S.C15H9F8NO.C5H6N2O2S.2CH4/c20-13-7-16(14(21)3-9(13)1-2-15(30)17-29-28-8-32-17)31-12-5-10(18(22,23)24)4-11(6-12)19(25,26)27;16-11-5-13(12(17)1-7(11)6-24)25-10-3-8(14(18,19)20)2-9(4-10)15(21,22)23;1-2-9-5(8)4-7-6-3-10-4;;/h3-8H,1-2H2;1-5H,6,24H2;3H,2H2,1H3;2*1H4. The molecule has 0 amide bonds. The Morgan fingerprint density at radius 1 is 0.551 bits per heavy atom. The van der Waals surface area contributed by atoms with Gasteiger partial charge in [0.2, 0.25) is 5.01 Å². The number of nitrogens with two attached hydrogens (primary N) is 1. The summed E-state index contributed by atoms with van der Waals surface area (Å²) >= 11 is 2.14. The van der Waals surface area contributed by atoms with E-state index in [1.54, 1.807) is 6.92 Å². The predicted octanol–water partition coefficient (Wildman–Crippen LogP) is 13.7. The number of esters is 1. The molecule has 0 saturated heterocycles. The average Bonchev–Trinajstić information content (AvgIpc) is 3.98. The van der Waals surface area contributed by atoms with Crippen molar-refractivity contribution >= 4 is 34.4 Å². The summed E-state index contributed by atoms with van der Waals surface area (Å²) in [6, 6.07) is 3.01. The van der Waals surface area contributed by atoms with E-state index < -0.39 is 105 Å². The Bertz CT molecular complexity index is 2580. The summed E-state index contributed by atoms with van der Waals surface area (Å²) in [6.07, 6.45) is -20.9. The Morgan fingerprint density at radius 3 is 1.28 bits per heavy atom. The lowest BCUT2D eigenvalue weighted by Crippen LogP contribution is -2.11. The first-order chi connectivity index (χ1) is 31.1. The van der Waals surface area contributed by atoms with Gasteiger partial charge in [0.05, 0.1) is 28.9 Å². The van der Waals surface area contributed by atoms with Crippen molar-refractivity contribution in [2.24, 2.45) is 5.73 Å². The predicted molar refractivity (Wildman–Crippen MR) is 216 cm³/mol. The maximum Gasteiger partial charge on any atom is 0.416 e. The first-order valence-corrected chi connectivity index (χ1v) is 19.7. The summed E-state index contributed by atoms with van der Waals surface area (Å²) in [7, 11) is 0. The molecule has 2 N–H and O–H groups in total. The van der Waals surface area contributed by atoms with Crippen molar-refractivity contribution in [2.45, 2.75) is 65.9 Å². The molecule has 0 aliphatic heterocycles. The molecule has 2 aromatic heterocycles. The number of aromatic nitrogens is 4. The Morgan fingerprint density at radius 2 is 0.928 bits per heavy atom. The number of nitrogens with zero attached hydrogens (tertiary/aromatic N) is 4. The molecule has 6 aromatic rings. The molecule has 376 valence electrons. The molecule has 10 nitrogen and oxygen atoms in total. The van der Waals surface area contributed by atoms with Crippen molar-refractivity contribution in [3.05, 3.63) is 138 Å². The summed E-state index contributed by atoms with van der Waals surface area (Å²) in [5.74, 6) is -9.08. The number of aryl methyl sites for hydroxylation is 1. The van der Waals surface area contributed by atoms with Crippen LogP contribution in [0.25, 0.3) is 0 Å². The molecule has 0 bridgehead atoms. The monoisotopic (exact) mass is 1040 g/mol. The summed E-state index contributed by atoms with van der Waals surface area (Å²) in [4.78, 5) is 22.7. The van der Waals surface area contributed by atoms with Crippen molar-refractivity contribution < 1.29 is 94.0 Å². The zero-order chi connectivity index (χ0) is 50.1. The number of alkyl halides is 12. The molecule has 2 heterocycles. The summed E-state index contributed by atoms with van der Waals surface area (Å²) < 4.78 is 224. The third-order valence-corrected chi connectivity index (χ3v) is 9.43. The van der Waals surface area contributed by atoms with E-state index in [0.717, 1.165) is 11.3 Å². The smallest absolute Gasteiger partial charge is 0.416 e. The van der Waals surface area contributed by atoms with Crippen LogP contribution in [-0.4, -0.2) is 38.8 Å². The topological polar surface area (TPSA) is 139 Å². The number of halogens is 16. The van der Waals surface area contributed by atoms with Crippen molar-refractivity contribution in [2.75, 3.05) is 6.61 Å². The van der Waals surface area contributed by atoms with Crippen LogP contribution in [0.3, 0.4) is 0 Å². The van der Waals surface area contributed by atoms with Crippen LogP contribution in [0, 0.1) is 23.3 Å². The second-order valence-corrected chi connectivity index (χ2v) is 14.4. The van der Waals surface area contributed by atoms with Gasteiger partial charge in [-0.05, 0) is 67.4 Å². The number of hydrogen-bond acceptors (Lipinski definition) is 12. The molecule has 0 aliphatic carbocycles. The highest BCUT2D eigenvalue weighted by Gasteiger charge is 2.39. The van der Waals surface area contributed by atoms with Gasteiger partial charge in [-0.25, -0.2) is 22.4 Å². The van der Waals surface area contributed by atoms with Gasteiger partial charge in [-0.15, -0.1) is 20.4 Å². The van der Waals surface area contributed by atoms with E-state index in [2.05, 4.69) is 25.1 Å². The van der Waals surface area contributed by atoms with Crippen LogP contribution in [0.5, 0.6) is 23.0 Å².